The van der Waals surface area contributed by atoms with Crippen molar-refractivity contribution in [1.82, 2.24) is 9.80 Å². The Hall–Kier alpha value is -2.04. The molecule has 5 nitrogen and oxygen atoms in total. The summed E-state index contributed by atoms with van der Waals surface area (Å²) >= 11 is 0. The van der Waals surface area contributed by atoms with Crippen molar-refractivity contribution in [3.8, 4) is 0 Å². The van der Waals surface area contributed by atoms with Gasteiger partial charge in [-0.1, -0.05) is 30.3 Å². The lowest BCUT2D eigenvalue weighted by Gasteiger charge is -2.42. The maximum Gasteiger partial charge on any atom is 0.410 e. The van der Waals surface area contributed by atoms with E-state index in [4.69, 9.17) is 4.74 Å². The Balaban J connectivity index is 1.89. The summed E-state index contributed by atoms with van der Waals surface area (Å²) in [7, 11) is 1.86. The third kappa shape index (κ3) is 3.37. The number of benzene rings is 1. The van der Waals surface area contributed by atoms with Gasteiger partial charge in [-0.25, -0.2) is 4.79 Å². The molecule has 2 atom stereocenters. The lowest BCUT2D eigenvalue weighted by atomic mass is 9.69. The van der Waals surface area contributed by atoms with Crippen LogP contribution in [0.5, 0.6) is 0 Å². The number of ether oxygens (including phenoxy) is 1. The molecule has 1 spiro atoms. The lowest BCUT2D eigenvalue weighted by molar-refractivity contribution is -0.137. The Labute approximate surface area is 149 Å². The average Bonchev–Trinajstić information content (AvgIpc) is 2.79. The summed E-state index contributed by atoms with van der Waals surface area (Å²) in [6, 6.07) is 10.2. The molecule has 136 valence electrons. The highest BCUT2D eigenvalue weighted by atomic mass is 16.6. The molecule has 2 aliphatic rings. The molecule has 2 heterocycles. The molecule has 2 aliphatic heterocycles. The molecule has 25 heavy (non-hydrogen) atoms. The van der Waals surface area contributed by atoms with Crippen LogP contribution < -0.4 is 0 Å². The van der Waals surface area contributed by atoms with E-state index in [9.17, 15) is 9.59 Å². The number of carbonyl (C=O) groups is 2. The monoisotopic (exact) mass is 344 g/mol. The van der Waals surface area contributed by atoms with Crippen molar-refractivity contribution in [3.63, 3.8) is 0 Å². The maximum atomic E-state index is 13.1. The summed E-state index contributed by atoms with van der Waals surface area (Å²) in [6.45, 7) is 7.38. The van der Waals surface area contributed by atoms with Crippen LogP contribution in [0.4, 0.5) is 4.79 Å². The highest BCUT2D eigenvalue weighted by molar-refractivity contribution is 5.87. The predicted molar refractivity (Wildman–Crippen MR) is 96.3 cm³/mol. The largest absolute Gasteiger partial charge is 0.444 e. The van der Waals surface area contributed by atoms with Crippen LogP contribution in [0.15, 0.2) is 30.3 Å². The Bertz CT molecular complexity index is 653. The van der Waals surface area contributed by atoms with Gasteiger partial charge in [-0.2, -0.15) is 0 Å². The van der Waals surface area contributed by atoms with Gasteiger partial charge in [0.15, 0.2) is 0 Å². The summed E-state index contributed by atoms with van der Waals surface area (Å²) in [5.74, 6) is 0.256. The van der Waals surface area contributed by atoms with Gasteiger partial charge in [0.05, 0.1) is 5.41 Å². The van der Waals surface area contributed by atoms with Gasteiger partial charge in [-0.3, -0.25) is 4.79 Å². The molecular weight excluding hydrogens is 316 g/mol. The van der Waals surface area contributed by atoms with E-state index in [1.54, 1.807) is 4.90 Å². The standard InChI is InChI=1S/C20H28N2O3/c1-19(2,3)25-18(24)22-12-8-11-20(14-22)16(13-21(4)17(20)23)15-9-6-5-7-10-15/h5-7,9-10,16H,8,11-14H2,1-4H3/t16-,20-/m0/s1. The third-order valence-electron chi connectivity index (χ3n) is 5.27. The fraction of sp³-hybridized carbons (Fsp3) is 0.600. The van der Waals surface area contributed by atoms with Gasteiger partial charge in [0.1, 0.15) is 5.60 Å². The summed E-state index contributed by atoms with van der Waals surface area (Å²) < 4.78 is 5.55. The second kappa shape index (κ2) is 6.36. The van der Waals surface area contributed by atoms with E-state index >= 15 is 0 Å². The number of piperidine rings is 1. The van der Waals surface area contributed by atoms with Gasteiger partial charge in [0, 0.05) is 32.6 Å². The second-order valence-electron chi connectivity index (χ2n) is 8.31. The van der Waals surface area contributed by atoms with Crippen LogP contribution in [0.3, 0.4) is 0 Å². The van der Waals surface area contributed by atoms with E-state index in [2.05, 4.69) is 12.1 Å². The summed E-state index contributed by atoms with van der Waals surface area (Å²) in [4.78, 5) is 29.2. The molecule has 0 aliphatic carbocycles. The van der Waals surface area contributed by atoms with Crippen LogP contribution in [-0.2, 0) is 9.53 Å². The van der Waals surface area contributed by atoms with Gasteiger partial charge >= 0.3 is 6.09 Å². The molecule has 5 heteroatoms. The van der Waals surface area contributed by atoms with E-state index in [0.717, 1.165) is 12.8 Å². The molecule has 2 amide bonds. The number of hydrogen-bond acceptors (Lipinski definition) is 3. The molecule has 0 radical (unpaired) electrons. The molecular formula is C20H28N2O3. The van der Waals surface area contributed by atoms with Crippen LogP contribution >= 0.6 is 0 Å². The zero-order valence-corrected chi connectivity index (χ0v) is 15.6. The van der Waals surface area contributed by atoms with Crippen molar-refractivity contribution < 1.29 is 14.3 Å². The summed E-state index contributed by atoms with van der Waals surface area (Å²) in [6.07, 6.45) is 1.32. The molecule has 2 fully saturated rings. The predicted octanol–water partition coefficient (Wildman–Crippen LogP) is 3.26. The number of amides is 2. The van der Waals surface area contributed by atoms with Crippen LogP contribution in [-0.4, -0.2) is 54.1 Å². The number of carbonyl (C=O) groups excluding carboxylic acids is 2. The molecule has 2 saturated heterocycles. The molecule has 1 aromatic carbocycles. The number of likely N-dealkylation sites (tertiary alicyclic amines) is 2. The molecule has 0 bridgehead atoms. The van der Waals surface area contributed by atoms with Crippen molar-refractivity contribution in [1.29, 1.82) is 0 Å². The molecule has 0 saturated carbocycles. The Morgan fingerprint density at radius 1 is 1.24 bits per heavy atom. The SMILES string of the molecule is CN1C[C@@H](c2ccccc2)[C@@]2(CCCN(C(=O)OC(C)(C)C)C2)C1=O. The topological polar surface area (TPSA) is 49.9 Å². The first-order valence-corrected chi connectivity index (χ1v) is 9.01. The van der Waals surface area contributed by atoms with E-state index < -0.39 is 11.0 Å². The molecule has 1 aromatic rings. The van der Waals surface area contributed by atoms with Crippen molar-refractivity contribution in [2.24, 2.45) is 5.41 Å². The molecule has 0 N–H and O–H groups in total. The van der Waals surface area contributed by atoms with Crippen molar-refractivity contribution in [2.75, 3.05) is 26.7 Å². The number of rotatable bonds is 1. The van der Waals surface area contributed by atoms with Crippen molar-refractivity contribution in [2.45, 2.75) is 45.1 Å². The van der Waals surface area contributed by atoms with Crippen LogP contribution in [0.25, 0.3) is 0 Å². The quantitative estimate of drug-likeness (QED) is 0.786. The molecule has 0 aromatic heterocycles. The van der Waals surface area contributed by atoms with Crippen LogP contribution in [0.1, 0.15) is 45.1 Å². The lowest BCUT2D eigenvalue weighted by Crippen LogP contribution is -2.52. The van der Waals surface area contributed by atoms with E-state index in [1.807, 2.05) is 50.9 Å². The number of hydrogen-bond donors (Lipinski definition) is 0. The first-order chi connectivity index (χ1) is 11.7. The molecule has 0 unspecified atom stereocenters. The van der Waals surface area contributed by atoms with Crippen molar-refractivity contribution >= 4 is 12.0 Å². The van der Waals surface area contributed by atoms with Crippen molar-refractivity contribution in [3.05, 3.63) is 35.9 Å². The van der Waals surface area contributed by atoms with Gasteiger partial charge in [-0.15, -0.1) is 0 Å². The van der Waals surface area contributed by atoms with Gasteiger partial charge in [0.25, 0.3) is 0 Å². The highest BCUT2D eigenvalue weighted by Crippen LogP contribution is 2.49. The minimum absolute atomic E-state index is 0.108. The van der Waals surface area contributed by atoms with Gasteiger partial charge in [0.2, 0.25) is 5.91 Å². The number of nitrogens with zero attached hydrogens (tertiary/aromatic N) is 2. The Morgan fingerprint density at radius 3 is 2.56 bits per heavy atom. The fourth-order valence-electron chi connectivity index (χ4n) is 4.20. The zero-order chi connectivity index (χ0) is 18.2. The Morgan fingerprint density at radius 2 is 1.92 bits per heavy atom. The maximum absolute atomic E-state index is 13.1. The first-order valence-electron chi connectivity index (χ1n) is 9.01. The summed E-state index contributed by atoms with van der Waals surface area (Å²) in [5.41, 5.74) is 0.105. The fourth-order valence-corrected chi connectivity index (χ4v) is 4.20. The highest BCUT2D eigenvalue weighted by Gasteiger charge is 2.55. The van der Waals surface area contributed by atoms with Gasteiger partial charge < -0.3 is 14.5 Å². The third-order valence-corrected chi connectivity index (χ3v) is 5.27. The summed E-state index contributed by atoms with van der Waals surface area (Å²) in [5, 5.41) is 0. The van der Waals surface area contributed by atoms with E-state index in [0.29, 0.717) is 19.6 Å². The average molecular weight is 344 g/mol. The Kier molecular flexibility index (Phi) is 4.52. The minimum atomic E-state index is -0.536. The first kappa shape index (κ1) is 17.8. The minimum Gasteiger partial charge on any atom is -0.444 e. The normalized spacial score (nSPS) is 27.0. The van der Waals surface area contributed by atoms with Crippen LogP contribution in [0, 0.1) is 5.41 Å². The van der Waals surface area contributed by atoms with E-state index in [1.165, 1.54) is 5.56 Å². The zero-order valence-electron chi connectivity index (χ0n) is 15.6. The molecule has 3 rings (SSSR count). The van der Waals surface area contributed by atoms with E-state index in [-0.39, 0.29) is 17.9 Å². The second-order valence-corrected chi connectivity index (χ2v) is 8.31. The number of likely N-dealkylation sites (N-methyl/N-ethyl adjacent to an activating group) is 1. The van der Waals surface area contributed by atoms with Gasteiger partial charge in [-0.05, 0) is 39.2 Å². The smallest absolute Gasteiger partial charge is 0.410 e. The van der Waals surface area contributed by atoms with Crippen LogP contribution in [0.2, 0.25) is 0 Å².